The van der Waals surface area contributed by atoms with Crippen molar-refractivity contribution in [3.63, 3.8) is 0 Å². The van der Waals surface area contributed by atoms with Crippen molar-refractivity contribution in [1.29, 1.82) is 0 Å². The van der Waals surface area contributed by atoms with Crippen LogP contribution >= 0.6 is 0 Å². The summed E-state index contributed by atoms with van der Waals surface area (Å²) in [5.74, 6) is 6.03. The molecule has 0 fully saturated rings. The summed E-state index contributed by atoms with van der Waals surface area (Å²) >= 11 is 0. The molecule has 0 saturated heterocycles. The maximum absolute atomic E-state index is 14.1. The van der Waals surface area contributed by atoms with Gasteiger partial charge in [0.15, 0.2) is 5.84 Å². The molecule has 0 aliphatic heterocycles. The highest BCUT2D eigenvalue weighted by Gasteiger charge is 2.28. The van der Waals surface area contributed by atoms with Crippen LogP contribution in [-0.4, -0.2) is 23.0 Å². The van der Waals surface area contributed by atoms with Crippen LogP contribution in [0.4, 0.5) is 8.78 Å². The molecular weight excluding hydrogens is 484 g/mol. The molecule has 6 nitrogen and oxygen atoms in total. The number of aromatic nitrogens is 1. The number of fused-ring (bicyclic) bond motifs is 1. The lowest BCUT2D eigenvalue weighted by Gasteiger charge is -2.32. The Morgan fingerprint density at radius 2 is 1.76 bits per heavy atom. The lowest BCUT2D eigenvalue weighted by Crippen LogP contribution is -2.27. The summed E-state index contributed by atoms with van der Waals surface area (Å²) in [5, 5.41) is 6.08. The van der Waals surface area contributed by atoms with E-state index in [1.54, 1.807) is 25.2 Å². The minimum absolute atomic E-state index is 0.0156. The SMILES string of the molecule is CN(N)/N=C(\N)c1ccc(OCc2ccc3cc(F)ccc3n2)cc1CC(c1cccc(F)c1)C(C)(C)C. The van der Waals surface area contributed by atoms with Crippen LogP contribution in [0.3, 0.4) is 0 Å². The Labute approximate surface area is 221 Å². The topological polar surface area (TPSA) is 89.8 Å². The number of hydrazine groups is 1. The summed E-state index contributed by atoms with van der Waals surface area (Å²) in [6.45, 7) is 6.62. The molecular formula is C30H33F2N5O. The molecule has 8 heteroatoms. The summed E-state index contributed by atoms with van der Waals surface area (Å²) in [6.07, 6.45) is 0.573. The fraction of sp³-hybridized carbons (Fsp3) is 0.267. The minimum Gasteiger partial charge on any atom is -0.487 e. The Hall–Kier alpha value is -4.04. The molecule has 0 saturated carbocycles. The number of amidine groups is 1. The van der Waals surface area contributed by atoms with Crippen molar-refractivity contribution in [2.24, 2.45) is 22.1 Å². The van der Waals surface area contributed by atoms with Gasteiger partial charge in [0.25, 0.3) is 0 Å². The standard InChI is InChI=1S/C30H33F2N5O/c1-30(2,3)27(19-6-5-7-22(31)14-19)17-21-16-25(11-12-26(21)29(33)36-37(4)34)38-18-24-10-8-20-15-23(32)9-13-28(20)35-24/h5-16,27H,17-18,34H2,1-4H3,(H2,33,36). The minimum atomic E-state index is -0.300. The highest BCUT2D eigenvalue weighted by molar-refractivity contribution is 5.98. The number of hydrazone groups is 1. The zero-order chi connectivity index (χ0) is 27.4. The van der Waals surface area contributed by atoms with E-state index in [2.05, 4.69) is 30.9 Å². The van der Waals surface area contributed by atoms with Gasteiger partial charge in [-0.3, -0.25) is 0 Å². The van der Waals surface area contributed by atoms with Crippen LogP contribution in [0, 0.1) is 17.0 Å². The predicted octanol–water partition coefficient (Wildman–Crippen LogP) is 5.89. The number of nitrogens with two attached hydrogens (primary N) is 2. The van der Waals surface area contributed by atoms with Gasteiger partial charge in [-0.25, -0.2) is 24.7 Å². The molecule has 1 atom stereocenters. The molecule has 0 aliphatic rings. The molecule has 198 valence electrons. The number of ether oxygens (including phenoxy) is 1. The van der Waals surface area contributed by atoms with E-state index in [0.29, 0.717) is 23.4 Å². The first-order valence-corrected chi connectivity index (χ1v) is 12.4. The molecule has 0 amide bonds. The summed E-state index contributed by atoms with van der Waals surface area (Å²) in [4.78, 5) is 4.58. The van der Waals surface area contributed by atoms with Crippen LogP contribution in [0.1, 0.15) is 49.1 Å². The molecule has 4 N–H and O–H groups in total. The van der Waals surface area contributed by atoms with Crippen molar-refractivity contribution in [3.8, 4) is 5.75 Å². The molecule has 1 heterocycles. The lowest BCUT2D eigenvalue weighted by molar-refractivity contribution is 0.299. The Kier molecular flexibility index (Phi) is 7.92. The Bertz CT molecular complexity index is 1460. The van der Waals surface area contributed by atoms with Crippen molar-refractivity contribution < 1.29 is 13.5 Å². The van der Waals surface area contributed by atoms with E-state index < -0.39 is 0 Å². The fourth-order valence-electron chi connectivity index (χ4n) is 4.55. The zero-order valence-corrected chi connectivity index (χ0v) is 22.1. The van der Waals surface area contributed by atoms with Gasteiger partial charge in [0, 0.05) is 18.0 Å². The fourth-order valence-corrected chi connectivity index (χ4v) is 4.55. The second kappa shape index (κ2) is 11.1. The quantitative estimate of drug-likeness (QED) is 0.132. The van der Waals surface area contributed by atoms with Crippen LogP contribution in [0.25, 0.3) is 10.9 Å². The van der Waals surface area contributed by atoms with Crippen molar-refractivity contribution in [2.45, 2.75) is 39.7 Å². The van der Waals surface area contributed by atoms with Crippen LogP contribution < -0.4 is 16.3 Å². The van der Waals surface area contributed by atoms with Crippen molar-refractivity contribution in [2.75, 3.05) is 7.05 Å². The highest BCUT2D eigenvalue weighted by atomic mass is 19.1. The molecule has 1 unspecified atom stereocenters. The normalized spacial score (nSPS) is 13.0. The molecule has 0 radical (unpaired) electrons. The van der Waals surface area contributed by atoms with Crippen LogP contribution in [0.5, 0.6) is 5.75 Å². The first-order valence-electron chi connectivity index (χ1n) is 12.4. The molecule has 4 rings (SSSR count). The molecule has 4 aromatic rings. The first kappa shape index (κ1) is 27.0. The molecule has 1 aromatic heterocycles. The number of hydrogen-bond donors (Lipinski definition) is 2. The van der Waals surface area contributed by atoms with Gasteiger partial charge in [-0.05, 0) is 83.5 Å². The number of halogens is 2. The van der Waals surface area contributed by atoms with Crippen LogP contribution in [0.2, 0.25) is 0 Å². The highest BCUT2D eigenvalue weighted by Crippen LogP contribution is 2.39. The number of nitrogens with zero attached hydrogens (tertiary/aromatic N) is 3. The van der Waals surface area contributed by atoms with Gasteiger partial charge in [0.2, 0.25) is 0 Å². The van der Waals surface area contributed by atoms with Crippen LogP contribution in [0.15, 0.2) is 77.9 Å². The van der Waals surface area contributed by atoms with Gasteiger partial charge < -0.3 is 10.5 Å². The van der Waals surface area contributed by atoms with Crippen molar-refractivity contribution >= 4 is 16.7 Å². The van der Waals surface area contributed by atoms with E-state index in [-0.39, 0.29) is 35.4 Å². The van der Waals surface area contributed by atoms with E-state index >= 15 is 0 Å². The number of pyridine rings is 1. The third-order valence-corrected chi connectivity index (χ3v) is 6.43. The van der Waals surface area contributed by atoms with Crippen LogP contribution in [-0.2, 0) is 13.0 Å². The number of hydrogen-bond acceptors (Lipinski definition) is 5. The smallest absolute Gasteiger partial charge is 0.152 e. The second-order valence-electron chi connectivity index (χ2n) is 10.5. The molecule has 0 bridgehead atoms. The van der Waals surface area contributed by atoms with Crippen molar-refractivity contribution in [1.82, 2.24) is 10.1 Å². The number of benzene rings is 3. The monoisotopic (exact) mass is 517 g/mol. The Morgan fingerprint density at radius 3 is 2.47 bits per heavy atom. The third kappa shape index (κ3) is 6.63. The molecule has 0 spiro atoms. The summed E-state index contributed by atoms with van der Waals surface area (Å²) in [7, 11) is 1.60. The van der Waals surface area contributed by atoms with Gasteiger partial charge in [-0.15, -0.1) is 5.10 Å². The molecule has 0 aliphatic carbocycles. The van der Waals surface area contributed by atoms with E-state index in [4.69, 9.17) is 16.3 Å². The van der Waals surface area contributed by atoms with Gasteiger partial charge >= 0.3 is 0 Å². The van der Waals surface area contributed by atoms with E-state index in [9.17, 15) is 8.78 Å². The average Bonchev–Trinajstić information content (AvgIpc) is 2.85. The lowest BCUT2D eigenvalue weighted by atomic mass is 9.73. The van der Waals surface area contributed by atoms with Gasteiger partial charge in [-0.2, -0.15) is 0 Å². The van der Waals surface area contributed by atoms with Gasteiger partial charge in [0.05, 0.1) is 11.2 Å². The van der Waals surface area contributed by atoms with Gasteiger partial charge in [-0.1, -0.05) is 39.0 Å². The Balaban J connectivity index is 1.66. The van der Waals surface area contributed by atoms with Crippen molar-refractivity contribution in [3.05, 3.63) is 107 Å². The van der Waals surface area contributed by atoms with Gasteiger partial charge in [0.1, 0.15) is 24.0 Å². The summed E-state index contributed by atoms with van der Waals surface area (Å²) < 4.78 is 33.7. The number of rotatable bonds is 8. The third-order valence-electron chi connectivity index (χ3n) is 6.43. The maximum Gasteiger partial charge on any atom is 0.152 e. The van der Waals surface area contributed by atoms with E-state index in [1.807, 2.05) is 36.4 Å². The average molecular weight is 518 g/mol. The second-order valence-corrected chi connectivity index (χ2v) is 10.5. The predicted molar refractivity (Wildman–Crippen MR) is 147 cm³/mol. The van der Waals surface area contributed by atoms with E-state index in [1.165, 1.54) is 18.2 Å². The largest absolute Gasteiger partial charge is 0.487 e. The molecule has 3 aromatic carbocycles. The Morgan fingerprint density at radius 1 is 1.00 bits per heavy atom. The zero-order valence-electron chi connectivity index (χ0n) is 22.1. The first-order chi connectivity index (χ1) is 18.0. The maximum atomic E-state index is 14.1. The summed E-state index contributed by atoms with van der Waals surface area (Å²) in [6, 6.07) is 20.4. The molecule has 38 heavy (non-hydrogen) atoms. The summed E-state index contributed by atoms with van der Waals surface area (Å²) in [5.41, 5.74) is 10.1. The van der Waals surface area contributed by atoms with E-state index in [0.717, 1.165) is 27.2 Å².